The number of rotatable bonds is 1. The first kappa shape index (κ1) is 10.5. The van der Waals surface area contributed by atoms with Crippen molar-refractivity contribution in [3.63, 3.8) is 0 Å². The first-order valence-electron chi connectivity index (χ1n) is 3.27. The third kappa shape index (κ3) is 2.44. The molecule has 0 fully saturated rings. The fourth-order valence-corrected chi connectivity index (χ4v) is 1.55. The molecular weight excluding hydrogens is 206 g/mol. The van der Waals surface area contributed by atoms with Gasteiger partial charge in [-0.2, -0.15) is 24.5 Å². The largest absolute Gasteiger partial charge is 0.566 e. The van der Waals surface area contributed by atoms with Crippen LogP contribution >= 0.6 is 11.3 Å². The molecule has 8 heteroatoms. The molecule has 0 spiro atoms. The standard InChI is InChI=1S/C5H6BF3NO2S/c7-5(8,9)3-1-2-4(13-3)6(10,11)12/h1-2,11-12H,10H2/q-1. The Balaban J connectivity index is 3.01. The van der Waals surface area contributed by atoms with E-state index in [1.54, 1.807) is 0 Å². The van der Waals surface area contributed by atoms with Gasteiger partial charge in [-0.3, -0.25) is 0 Å². The molecule has 4 N–H and O–H groups in total. The van der Waals surface area contributed by atoms with Crippen LogP contribution in [0.1, 0.15) is 4.88 Å². The van der Waals surface area contributed by atoms with Crippen molar-refractivity contribution in [1.29, 1.82) is 0 Å². The zero-order valence-corrected chi connectivity index (χ0v) is 7.06. The molecule has 0 unspecified atom stereocenters. The molecule has 0 atom stereocenters. The molecule has 0 saturated heterocycles. The van der Waals surface area contributed by atoms with Crippen molar-refractivity contribution < 1.29 is 23.2 Å². The minimum Gasteiger partial charge on any atom is -0.566 e. The molecule has 0 radical (unpaired) electrons. The van der Waals surface area contributed by atoms with E-state index in [-0.39, 0.29) is 16.1 Å². The van der Waals surface area contributed by atoms with Crippen molar-refractivity contribution in [3.8, 4) is 0 Å². The van der Waals surface area contributed by atoms with Crippen molar-refractivity contribution in [1.82, 2.24) is 0 Å². The third-order valence-corrected chi connectivity index (χ3v) is 2.63. The highest BCUT2D eigenvalue weighted by molar-refractivity contribution is 7.24. The molecule has 74 valence electrons. The molecule has 1 aromatic heterocycles. The van der Waals surface area contributed by atoms with Gasteiger partial charge >= 0.3 is 12.9 Å². The van der Waals surface area contributed by atoms with Gasteiger partial charge in [-0.05, 0) is 6.07 Å². The Morgan fingerprint density at radius 2 is 1.85 bits per heavy atom. The quantitative estimate of drug-likeness (QED) is 0.567. The molecule has 1 heterocycles. The summed E-state index contributed by atoms with van der Waals surface area (Å²) in [5, 5.41) is 17.6. The molecule has 1 aromatic rings. The van der Waals surface area contributed by atoms with Crippen LogP contribution in [0.4, 0.5) is 13.2 Å². The molecule has 0 amide bonds. The summed E-state index contributed by atoms with van der Waals surface area (Å²) in [6.07, 6.45) is -4.47. The monoisotopic (exact) mass is 212 g/mol. The van der Waals surface area contributed by atoms with Gasteiger partial charge in [0.2, 0.25) is 0 Å². The summed E-state index contributed by atoms with van der Waals surface area (Å²) in [4.78, 5) is -0.901. The lowest BCUT2D eigenvalue weighted by molar-refractivity contribution is -0.134. The Labute approximate surface area is 75.6 Å². The van der Waals surface area contributed by atoms with Gasteiger partial charge in [0.25, 0.3) is 0 Å². The van der Waals surface area contributed by atoms with Crippen molar-refractivity contribution in [2.45, 2.75) is 6.18 Å². The minimum atomic E-state index is -4.47. The van der Waals surface area contributed by atoms with Crippen LogP contribution in [0.15, 0.2) is 12.1 Å². The normalized spacial score (nSPS) is 13.4. The topological polar surface area (TPSA) is 66.5 Å². The molecule has 0 aromatic carbocycles. The van der Waals surface area contributed by atoms with E-state index in [4.69, 9.17) is 15.7 Å². The summed E-state index contributed by atoms with van der Waals surface area (Å²) >= 11 is 0.225. The predicted molar refractivity (Wildman–Crippen MR) is 43.3 cm³/mol. The third-order valence-electron chi connectivity index (χ3n) is 1.32. The van der Waals surface area contributed by atoms with E-state index >= 15 is 0 Å². The molecule has 13 heavy (non-hydrogen) atoms. The average molecular weight is 212 g/mol. The number of nitrogens with two attached hydrogens (primary N) is 1. The summed E-state index contributed by atoms with van der Waals surface area (Å²) in [6.45, 7) is -3.32. The molecule has 1 rings (SSSR count). The second-order valence-electron chi connectivity index (χ2n) is 2.54. The highest BCUT2D eigenvalue weighted by Crippen LogP contribution is 2.31. The summed E-state index contributed by atoms with van der Waals surface area (Å²) in [6, 6.07) is 1.71. The zero-order chi connectivity index (χ0) is 10.3. The van der Waals surface area contributed by atoms with Crippen LogP contribution in [-0.2, 0) is 6.18 Å². The average Bonchev–Trinajstić information content (AvgIpc) is 2.28. The van der Waals surface area contributed by atoms with Crippen molar-refractivity contribution in [3.05, 3.63) is 17.0 Å². The van der Waals surface area contributed by atoms with Gasteiger partial charge in [0.05, 0.1) is 0 Å². The van der Waals surface area contributed by atoms with E-state index in [0.717, 1.165) is 12.1 Å². The number of halogens is 3. The maximum absolute atomic E-state index is 12.0. The van der Waals surface area contributed by atoms with Crippen molar-refractivity contribution >= 4 is 22.8 Å². The molecule has 3 nitrogen and oxygen atoms in total. The van der Waals surface area contributed by atoms with Gasteiger partial charge in [0, 0.05) is 0 Å². The van der Waals surface area contributed by atoms with E-state index in [1.165, 1.54) is 0 Å². The van der Waals surface area contributed by atoms with Gasteiger partial charge < -0.3 is 15.7 Å². The van der Waals surface area contributed by atoms with Crippen LogP contribution in [0.5, 0.6) is 0 Å². The van der Waals surface area contributed by atoms with Crippen LogP contribution in [0.25, 0.3) is 0 Å². The summed E-state index contributed by atoms with van der Waals surface area (Å²) in [5.41, 5.74) is 4.83. The minimum absolute atomic E-state index is 0.225. The Hall–Kier alpha value is -0.565. The molecule has 0 aliphatic carbocycles. The number of hydrogen-bond donors (Lipinski definition) is 3. The Kier molecular flexibility index (Phi) is 2.41. The Morgan fingerprint density at radius 1 is 1.31 bits per heavy atom. The van der Waals surface area contributed by atoms with Gasteiger partial charge in [0.15, 0.2) is 0 Å². The van der Waals surface area contributed by atoms with Crippen LogP contribution in [0, 0.1) is 0 Å². The van der Waals surface area contributed by atoms with E-state index < -0.39 is 17.7 Å². The summed E-state index contributed by atoms with van der Waals surface area (Å²) in [5.74, 6) is 0. The maximum Gasteiger partial charge on any atom is 0.425 e. The van der Waals surface area contributed by atoms with E-state index in [9.17, 15) is 13.2 Å². The van der Waals surface area contributed by atoms with Crippen molar-refractivity contribution in [2.75, 3.05) is 0 Å². The Bertz CT molecular complexity index is 277. The maximum atomic E-state index is 12.0. The zero-order valence-electron chi connectivity index (χ0n) is 6.25. The second kappa shape index (κ2) is 2.98. The first-order chi connectivity index (χ1) is 5.71. The van der Waals surface area contributed by atoms with E-state index in [1.807, 2.05) is 0 Å². The summed E-state index contributed by atoms with van der Waals surface area (Å²) in [7, 11) is 0. The van der Waals surface area contributed by atoms with E-state index in [0.29, 0.717) is 0 Å². The molecule has 0 saturated carbocycles. The molecule has 0 aliphatic rings. The van der Waals surface area contributed by atoms with Gasteiger partial charge in [0.1, 0.15) is 4.88 Å². The summed E-state index contributed by atoms with van der Waals surface area (Å²) < 4.78 is 35.7. The molecular formula is C5H6BF3NO2S-. The molecule has 0 aliphatic heterocycles. The highest BCUT2D eigenvalue weighted by atomic mass is 32.1. The van der Waals surface area contributed by atoms with Crippen LogP contribution in [-0.4, -0.2) is 16.7 Å². The molecule has 0 bridgehead atoms. The smallest absolute Gasteiger partial charge is 0.425 e. The number of hydrogen-bond acceptors (Lipinski definition) is 4. The predicted octanol–water partition coefficient (Wildman–Crippen LogP) is -0.144. The lowest BCUT2D eigenvalue weighted by Gasteiger charge is -2.19. The van der Waals surface area contributed by atoms with Gasteiger partial charge in [-0.25, -0.2) is 0 Å². The highest BCUT2D eigenvalue weighted by Gasteiger charge is 2.33. The Morgan fingerprint density at radius 3 is 2.08 bits per heavy atom. The van der Waals surface area contributed by atoms with Gasteiger partial charge in [-0.1, -0.05) is 10.8 Å². The fourth-order valence-electron chi connectivity index (χ4n) is 0.734. The fraction of sp³-hybridized carbons (Fsp3) is 0.200. The van der Waals surface area contributed by atoms with Crippen molar-refractivity contribution in [2.24, 2.45) is 5.64 Å². The van der Waals surface area contributed by atoms with Gasteiger partial charge in [-0.15, -0.1) is 0 Å². The lowest BCUT2D eigenvalue weighted by atomic mass is 9.73. The number of alkyl halides is 3. The SMILES string of the molecule is N[B-](O)(O)c1ccc(C(F)(F)F)s1. The first-order valence-corrected chi connectivity index (χ1v) is 4.09. The van der Waals surface area contributed by atoms with Crippen LogP contribution in [0.2, 0.25) is 0 Å². The number of thiophene rings is 1. The van der Waals surface area contributed by atoms with E-state index in [2.05, 4.69) is 0 Å². The lowest BCUT2D eigenvalue weighted by Crippen LogP contribution is -2.56. The van der Waals surface area contributed by atoms with Crippen LogP contribution < -0.4 is 10.4 Å². The van der Waals surface area contributed by atoms with Crippen LogP contribution in [0.3, 0.4) is 0 Å². The second-order valence-corrected chi connectivity index (χ2v) is 3.65.